The summed E-state index contributed by atoms with van der Waals surface area (Å²) in [6.07, 6.45) is 1.49. The predicted molar refractivity (Wildman–Crippen MR) is 104 cm³/mol. The minimum Gasteiger partial charge on any atom is -0.482 e. The fraction of sp³-hybridized carbons (Fsp3) is 0.158. The monoisotopic (exact) mass is 391 g/mol. The summed E-state index contributed by atoms with van der Waals surface area (Å²) in [7, 11) is 0. The first-order chi connectivity index (χ1) is 14.1. The maximum Gasteiger partial charge on any atom is 0.265 e. The number of nitrogens with one attached hydrogen (secondary N) is 1. The summed E-state index contributed by atoms with van der Waals surface area (Å²) in [6, 6.07) is 14.5. The van der Waals surface area contributed by atoms with Gasteiger partial charge in [-0.05, 0) is 47.2 Å². The summed E-state index contributed by atoms with van der Waals surface area (Å²) in [6.45, 7) is 1.52. The van der Waals surface area contributed by atoms with Crippen LogP contribution in [0.4, 0.5) is 5.69 Å². The first kappa shape index (κ1) is 18.3. The third-order valence-electron chi connectivity index (χ3n) is 4.34. The second-order valence-electron chi connectivity index (χ2n) is 6.27. The van der Waals surface area contributed by atoms with Crippen molar-refractivity contribution in [2.24, 2.45) is 5.10 Å². The first-order valence-electron chi connectivity index (χ1n) is 8.81. The van der Waals surface area contributed by atoms with Gasteiger partial charge in [-0.15, -0.1) is 5.10 Å². The lowest BCUT2D eigenvalue weighted by Crippen LogP contribution is -2.44. The van der Waals surface area contributed by atoms with E-state index in [0.717, 1.165) is 11.3 Å². The number of carbonyl (C=O) groups excluding carboxylic acids is 2. The quantitative estimate of drug-likeness (QED) is 0.511. The van der Waals surface area contributed by atoms with Crippen molar-refractivity contribution in [2.45, 2.75) is 6.92 Å². The van der Waals surface area contributed by atoms with Crippen LogP contribution in [-0.4, -0.2) is 50.9 Å². The molecule has 1 aliphatic rings. The molecule has 2 heterocycles. The lowest BCUT2D eigenvalue weighted by molar-refractivity contribution is -0.125. The van der Waals surface area contributed by atoms with E-state index in [1.165, 1.54) is 15.9 Å². The number of rotatable bonds is 5. The number of aromatic nitrogens is 4. The molecule has 2 amide bonds. The number of hydrogen-bond acceptors (Lipinski definition) is 7. The van der Waals surface area contributed by atoms with E-state index in [9.17, 15) is 9.59 Å². The molecule has 29 heavy (non-hydrogen) atoms. The number of nitrogens with zero attached hydrogens (tertiary/aromatic N) is 6. The zero-order valence-corrected chi connectivity index (χ0v) is 15.5. The number of hydrazone groups is 1. The van der Waals surface area contributed by atoms with Crippen LogP contribution >= 0.6 is 0 Å². The Morgan fingerprint density at radius 3 is 2.93 bits per heavy atom. The van der Waals surface area contributed by atoms with Crippen molar-refractivity contribution in [1.82, 2.24) is 25.6 Å². The van der Waals surface area contributed by atoms with E-state index in [2.05, 4.69) is 26.1 Å². The van der Waals surface area contributed by atoms with Crippen LogP contribution in [0, 0.1) is 0 Å². The molecular weight excluding hydrogens is 374 g/mol. The molecule has 0 aliphatic carbocycles. The molecule has 0 radical (unpaired) electrons. The Balaban J connectivity index is 1.45. The van der Waals surface area contributed by atoms with Gasteiger partial charge in [0.15, 0.2) is 6.61 Å². The number of amides is 2. The van der Waals surface area contributed by atoms with Crippen LogP contribution in [0.15, 0.2) is 60.0 Å². The van der Waals surface area contributed by atoms with Crippen molar-refractivity contribution in [2.75, 3.05) is 18.1 Å². The number of tetrazole rings is 1. The van der Waals surface area contributed by atoms with E-state index in [-0.39, 0.29) is 19.1 Å². The molecule has 2 aromatic carbocycles. The van der Waals surface area contributed by atoms with Crippen LogP contribution < -0.4 is 15.1 Å². The highest BCUT2D eigenvalue weighted by molar-refractivity contribution is 6.03. The van der Waals surface area contributed by atoms with Crippen molar-refractivity contribution in [3.8, 4) is 11.4 Å². The topological polar surface area (TPSA) is 115 Å². The first-order valence-corrected chi connectivity index (χ1v) is 8.81. The smallest absolute Gasteiger partial charge is 0.265 e. The molecule has 1 aliphatic heterocycles. The van der Waals surface area contributed by atoms with Crippen molar-refractivity contribution < 1.29 is 14.3 Å². The Kier molecular flexibility index (Phi) is 4.97. The van der Waals surface area contributed by atoms with Gasteiger partial charge in [0.25, 0.3) is 11.8 Å². The number of benzene rings is 2. The molecule has 0 unspecified atom stereocenters. The molecule has 0 saturated heterocycles. The van der Waals surface area contributed by atoms with Gasteiger partial charge in [0, 0.05) is 0 Å². The average Bonchev–Trinajstić information content (AvgIpc) is 3.29. The highest BCUT2D eigenvalue weighted by Gasteiger charge is 2.26. The Morgan fingerprint density at radius 1 is 1.24 bits per heavy atom. The third-order valence-corrected chi connectivity index (χ3v) is 4.34. The molecule has 10 heteroatoms. The minimum absolute atomic E-state index is 0.101. The van der Waals surface area contributed by atoms with Crippen molar-refractivity contribution in [3.63, 3.8) is 0 Å². The van der Waals surface area contributed by atoms with Gasteiger partial charge in [-0.3, -0.25) is 14.5 Å². The number of ether oxygens (including phenoxy) is 1. The molecule has 0 fully saturated rings. The molecule has 3 aromatic rings. The van der Waals surface area contributed by atoms with Crippen LogP contribution in [-0.2, 0) is 9.59 Å². The molecule has 0 atom stereocenters. The molecule has 4 rings (SSSR count). The Bertz CT molecular complexity index is 1080. The summed E-state index contributed by atoms with van der Waals surface area (Å²) in [5.74, 6) is -0.126. The van der Waals surface area contributed by atoms with E-state index >= 15 is 0 Å². The van der Waals surface area contributed by atoms with Gasteiger partial charge in [-0.25, -0.2) is 10.1 Å². The number of para-hydroxylation sites is 2. The molecule has 146 valence electrons. The standard InChI is InChI=1S/C19H17N7O3/c1-13(14-5-4-6-15(9-14)26-12-20-23-24-26)21-22-18(27)10-25-16-7-2-3-8-17(16)29-11-19(25)28/h2-9,12H,10-11H2,1H3,(H,22,27)/b21-13-. The normalized spacial score (nSPS) is 13.6. The van der Waals surface area contributed by atoms with Crippen LogP contribution in [0.25, 0.3) is 5.69 Å². The van der Waals surface area contributed by atoms with Crippen LogP contribution in [0.2, 0.25) is 0 Å². The fourth-order valence-corrected chi connectivity index (χ4v) is 2.87. The maximum absolute atomic E-state index is 12.4. The van der Waals surface area contributed by atoms with E-state index in [4.69, 9.17) is 4.74 Å². The van der Waals surface area contributed by atoms with E-state index < -0.39 is 5.91 Å². The van der Waals surface area contributed by atoms with Gasteiger partial charge in [0.05, 0.1) is 17.1 Å². The van der Waals surface area contributed by atoms with Crippen molar-refractivity contribution >= 4 is 23.2 Å². The SMILES string of the molecule is C/C(=N/NC(=O)CN1C(=O)COc2ccccc21)c1cccc(-n2cnnn2)c1. The number of fused-ring (bicyclic) bond motifs is 1. The Hall–Kier alpha value is -4.08. The van der Waals surface area contributed by atoms with E-state index in [0.29, 0.717) is 17.1 Å². The number of carbonyl (C=O) groups is 2. The lowest BCUT2D eigenvalue weighted by atomic mass is 10.1. The van der Waals surface area contributed by atoms with E-state index in [1.807, 2.05) is 30.3 Å². The summed E-state index contributed by atoms with van der Waals surface area (Å²) in [5, 5.41) is 15.2. The van der Waals surface area contributed by atoms with Gasteiger partial charge < -0.3 is 4.74 Å². The summed E-state index contributed by atoms with van der Waals surface area (Å²) in [5.41, 5.74) is 5.23. The molecule has 0 bridgehead atoms. The molecule has 1 N–H and O–H groups in total. The lowest BCUT2D eigenvalue weighted by Gasteiger charge is -2.28. The number of hydrogen-bond donors (Lipinski definition) is 1. The minimum atomic E-state index is -0.411. The average molecular weight is 391 g/mol. The number of anilines is 1. The summed E-state index contributed by atoms with van der Waals surface area (Å²) in [4.78, 5) is 25.9. The highest BCUT2D eigenvalue weighted by atomic mass is 16.5. The summed E-state index contributed by atoms with van der Waals surface area (Å²) >= 11 is 0. The van der Waals surface area contributed by atoms with Gasteiger partial charge >= 0.3 is 0 Å². The Labute approximate surface area is 165 Å². The third kappa shape index (κ3) is 3.95. The molecule has 0 saturated carbocycles. The zero-order valence-electron chi connectivity index (χ0n) is 15.5. The zero-order chi connectivity index (χ0) is 20.2. The van der Waals surface area contributed by atoms with Crippen LogP contribution in [0.3, 0.4) is 0 Å². The second kappa shape index (κ2) is 7.89. The molecule has 1 aromatic heterocycles. The van der Waals surface area contributed by atoms with Crippen molar-refractivity contribution in [3.05, 3.63) is 60.4 Å². The van der Waals surface area contributed by atoms with Gasteiger partial charge in [0.2, 0.25) is 0 Å². The fourth-order valence-electron chi connectivity index (χ4n) is 2.87. The highest BCUT2D eigenvalue weighted by Crippen LogP contribution is 2.31. The molecule has 10 nitrogen and oxygen atoms in total. The van der Waals surface area contributed by atoms with Crippen LogP contribution in [0.5, 0.6) is 5.75 Å². The van der Waals surface area contributed by atoms with Gasteiger partial charge in [-0.1, -0.05) is 24.3 Å². The molecular formula is C19H17N7O3. The predicted octanol–water partition coefficient (Wildman–Crippen LogP) is 0.928. The summed E-state index contributed by atoms with van der Waals surface area (Å²) < 4.78 is 6.90. The van der Waals surface area contributed by atoms with Gasteiger partial charge in [-0.2, -0.15) is 5.10 Å². The second-order valence-corrected chi connectivity index (χ2v) is 6.27. The van der Waals surface area contributed by atoms with E-state index in [1.54, 1.807) is 25.1 Å². The molecule has 0 spiro atoms. The maximum atomic E-state index is 12.4. The van der Waals surface area contributed by atoms with Gasteiger partial charge in [0.1, 0.15) is 18.6 Å². The van der Waals surface area contributed by atoms with Crippen molar-refractivity contribution in [1.29, 1.82) is 0 Å². The van der Waals surface area contributed by atoms with Crippen LogP contribution in [0.1, 0.15) is 12.5 Å². The largest absolute Gasteiger partial charge is 0.482 e. The Morgan fingerprint density at radius 2 is 2.10 bits per heavy atom.